The molecule has 0 aliphatic heterocycles. The van der Waals surface area contributed by atoms with Gasteiger partial charge in [-0.25, -0.2) is 4.79 Å². The first-order valence-electron chi connectivity index (χ1n) is 11.5. The summed E-state index contributed by atoms with van der Waals surface area (Å²) in [5.41, 5.74) is 6.90. The van der Waals surface area contributed by atoms with Gasteiger partial charge in [0.25, 0.3) is 5.56 Å². The van der Waals surface area contributed by atoms with Crippen LogP contribution >= 0.6 is 0 Å². The predicted molar refractivity (Wildman–Crippen MR) is 137 cm³/mol. The summed E-state index contributed by atoms with van der Waals surface area (Å²) in [7, 11) is 1.53. The van der Waals surface area contributed by atoms with Gasteiger partial charge in [0.15, 0.2) is 0 Å². The van der Waals surface area contributed by atoms with Gasteiger partial charge in [-0.1, -0.05) is 31.5 Å². The molecule has 4 aromatic rings. The molecule has 0 aliphatic rings. The van der Waals surface area contributed by atoms with Crippen LogP contribution in [-0.4, -0.2) is 35.7 Å². The number of benzene rings is 2. The second kappa shape index (κ2) is 9.96. The topological polar surface area (TPSA) is 136 Å². The molecule has 0 fully saturated rings. The van der Waals surface area contributed by atoms with Crippen molar-refractivity contribution in [3.8, 4) is 5.75 Å². The highest BCUT2D eigenvalue weighted by atomic mass is 16.5. The zero-order valence-electron chi connectivity index (χ0n) is 20.0. The Morgan fingerprint density at radius 2 is 1.94 bits per heavy atom. The number of para-hydroxylation sites is 1. The van der Waals surface area contributed by atoms with E-state index in [-0.39, 0.29) is 24.0 Å². The number of unbranched alkanes of at least 4 members (excludes halogenated alkanes) is 1. The lowest BCUT2D eigenvalue weighted by molar-refractivity contribution is -0.115. The van der Waals surface area contributed by atoms with Gasteiger partial charge in [-0.15, -0.1) is 0 Å². The number of likely N-dealkylation sites (N-methyl/N-ethyl adjacent to an activating group) is 1. The van der Waals surface area contributed by atoms with Gasteiger partial charge in [0.05, 0.1) is 19.3 Å². The van der Waals surface area contributed by atoms with E-state index in [4.69, 9.17) is 14.9 Å². The maximum atomic E-state index is 13.0. The summed E-state index contributed by atoms with van der Waals surface area (Å²) < 4.78 is 12.8. The monoisotopic (exact) mass is 479 g/mol. The number of aromatic amines is 1. The lowest BCUT2D eigenvalue weighted by Gasteiger charge is -2.24. The Morgan fingerprint density at radius 3 is 2.66 bits per heavy atom. The summed E-state index contributed by atoms with van der Waals surface area (Å²) in [6, 6.07) is 11.2. The molecule has 2 aromatic carbocycles. The minimum Gasteiger partial charge on any atom is -0.495 e. The quantitative estimate of drug-likeness (QED) is 0.335. The van der Waals surface area contributed by atoms with Crippen LogP contribution in [0.3, 0.4) is 0 Å². The number of methoxy groups -OCH3 is 1. The number of H-pyrrole nitrogens is 1. The van der Waals surface area contributed by atoms with Gasteiger partial charge in [-0.3, -0.25) is 19.1 Å². The van der Waals surface area contributed by atoms with Crippen LogP contribution in [0.2, 0.25) is 0 Å². The fraction of sp³-hybridized carbons (Fsp3) is 0.320. The number of anilines is 3. The first-order chi connectivity index (χ1) is 16.9. The number of amides is 1. The standard InChI is InChI=1S/C25H29N5O5/c1-4-6-11-30-23(26)22(24(32)28-25(30)33)29(5-2)14-21(31)27-17-13-19-16(12-20(17)34-3)15-9-7-8-10-18(15)35-19/h7-10,12-13H,4-6,11,14,26H2,1-3H3,(H,27,31)(H,28,32,33). The Bertz CT molecular complexity index is 1500. The van der Waals surface area contributed by atoms with Crippen molar-refractivity contribution in [1.29, 1.82) is 0 Å². The van der Waals surface area contributed by atoms with E-state index in [2.05, 4.69) is 10.3 Å². The molecule has 35 heavy (non-hydrogen) atoms. The van der Waals surface area contributed by atoms with Crippen LogP contribution in [0.25, 0.3) is 21.9 Å². The lowest BCUT2D eigenvalue weighted by atomic mass is 10.1. The Balaban J connectivity index is 1.63. The number of nitrogens with one attached hydrogen (secondary N) is 2. The smallest absolute Gasteiger partial charge is 0.330 e. The van der Waals surface area contributed by atoms with Gasteiger partial charge in [0.2, 0.25) is 5.91 Å². The molecule has 2 aromatic heterocycles. The number of rotatable bonds is 9. The van der Waals surface area contributed by atoms with Crippen molar-refractivity contribution in [1.82, 2.24) is 9.55 Å². The molecule has 0 radical (unpaired) electrons. The number of ether oxygens (including phenoxy) is 1. The van der Waals surface area contributed by atoms with Gasteiger partial charge >= 0.3 is 5.69 Å². The Labute approximate surface area is 201 Å². The third-order valence-corrected chi connectivity index (χ3v) is 5.95. The number of carbonyl (C=O) groups is 1. The van der Waals surface area contributed by atoms with Crippen molar-refractivity contribution in [2.24, 2.45) is 0 Å². The fourth-order valence-corrected chi connectivity index (χ4v) is 4.15. The molecule has 0 bridgehead atoms. The molecule has 1 amide bonds. The van der Waals surface area contributed by atoms with Crippen LogP contribution < -0.4 is 31.9 Å². The van der Waals surface area contributed by atoms with Gasteiger partial charge in [0, 0.05) is 29.9 Å². The van der Waals surface area contributed by atoms with Crippen molar-refractivity contribution in [2.45, 2.75) is 33.2 Å². The fourth-order valence-electron chi connectivity index (χ4n) is 4.15. The summed E-state index contributed by atoms with van der Waals surface area (Å²) in [6.07, 6.45) is 1.59. The number of aromatic nitrogens is 2. The third-order valence-electron chi connectivity index (χ3n) is 5.95. The number of furan rings is 1. The highest BCUT2D eigenvalue weighted by Gasteiger charge is 2.21. The summed E-state index contributed by atoms with van der Waals surface area (Å²) in [4.78, 5) is 41.7. The van der Waals surface area contributed by atoms with Crippen LogP contribution in [0.1, 0.15) is 26.7 Å². The van der Waals surface area contributed by atoms with Gasteiger partial charge < -0.3 is 25.1 Å². The number of carbonyl (C=O) groups excluding carboxylic acids is 1. The van der Waals surface area contributed by atoms with Gasteiger partial charge in [-0.2, -0.15) is 0 Å². The number of nitrogen functional groups attached to an aromatic ring is 1. The molecule has 0 spiro atoms. The second-order valence-corrected chi connectivity index (χ2v) is 8.21. The molecule has 4 N–H and O–H groups in total. The number of nitrogens with zero attached hydrogens (tertiary/aromatic N) is 2. The zero-order chi connectivity index (χ0) is 25.1. The molecule has 0 saturated carbocycles. The molecule has 184 valence electrons. The average molecular weight is 480 g/mol. The zero-order valence-corrected chi connectivity index (χ0v) is 20.0. The van der Waals surface area contributed by atoms with E-state index < -0.39 is 11.2 Å². The van der Waals surface area contributed by atoms with Crippen molar-refractivity contribution >= 4 is 45.0 Å². The maximum Gasteiger partial charge on any atom is 0.330 e. The number of hydrogen-bond donors (Lipinski definition) is 3. The first-order valence-corrected chi connectivity index (χ1v) is 11.5. The maximum absolute atomic E-state index is 13.0. The van der Waals surface area contributed by atoms with Gasteiger partial charge in [-0.05, 0) is 25.5 Å². The molecule has 0 atom stereocenters. The Morgan fingerprint density at radius 1 is 1.17 bits per heavy atom. The lowest BCUT2D eigenvalue weighted by Crippen LogP contribution is -2.41. The molecular weight excluding hydrogens is 450 g/mol. The first kappa shape index (κ1) is 23.9. The number of nitrogens with two attached hydrogens (primary N) is 1. The number of hydrogen-bond acceptors (Lipinski definition) is 7. The van der Waals surface area contributed by atoms with Crippen LogP contribution in [0.5, 0.6) is 5.75 Å². The largest absolute Gasteiger partial charge is 0.495 e. The minimum absolute atomic E-state index is 0.0446. The van der Waals surface area contributed by atoms with Crippen LogP contribution in [0.15, 0.2) is 50.4 Å². The molecule has 4 rings (SSSR count). The number of fused-ring (bicyclic) bond motifs is 3. The van der Waals surface area contributed by atoms with Crippen molar-refractivity contribution in [3.63, 3.8) is 0 Å². The van der Waals surface area contributed by atoms with Gasteiger partial charge in [0.1, 0.15) is 28.4 Å². The van der Waals surface area contributed by atoms with E-state index >= 15 is 0 Å². The SMILES string of the molecule is CCCCn1c(N)c(N(CC)CC(=O)Nc2cc3oc4ccccc4c3cc2OC)c(=O)[nH]c1=O. The minimum atomic E-state index is -0.629. The van der Waals surface area contributed by atoms with E-state index in [1.807, 2.05) is 37.3 Å². The highest BCUT2D eigenvalue weighted by Crippen LogP contribution is 2.36. The normalized spacial score (nSPS) is 11.2. The molecule has 0 saturated heterocycles. The van der Waals surface area contributed by atoms with Crippen LogP contribution in [0.4, 0.5) is 17.2 Å². The van der Waals surface area contributed by atoms with E-state index in [1.54, 1.807) is 13.0 Å². The van der Waals surface area contributed by atoms with E-state index in [0.717, 1.165) is 29.2 Å². The summed E-state index contributed by atoms with van der Waals surface area (Å²) in [6.45, 7) is 4.34. The summed E-state index contributed by atoms with van der Waals surface area (Å²) >= 11 is 0. The van der Waals surface area contributed by atoms with E-state index in [0.29, 0.717) is 30.1 Å². The highest BCUT2D eigenvalue weighted by molar-refractivity contribution is 6.08. The molecular formula is C25H29N5O5. The molecule has 0 aliphatic carbocycles. The second-order valence-electron chi connectivity index (χ2n) is 8.21. The molecule has 10 nitrogen and oxygen atoms in total. The van der Waals surface area contributed by atoms with Crippen molar-refractivity contribution < 1.29 is 13.9 Å². The Hall–Kier alpha value is -4.21. The third kappa shape index (κ3) is 4.59. The van der Waals surface area contributed by atoms with Crippen LogP contribution in [-0.2, 0) is 11.3 Å². The van der Waals surface area contributed by atoms with E-state index in [1.165, 1.54) is 16.6 Å². The average Bonchev–Trinajstić information content (AvgIpc) is 3.19. The molecule has 10 heteroatoms. The summed E-state index contributed by atoms with van der Waals surface area (Å²) in [5.74, 6) is 0.139. The van der Waals surface area contributed by atoms with E-state index in [9.17, 15) is 14.4 Å². The molecule has 0 unspecified atom stereocenters. The molecule has 2 heterocycles. The summed E-state index contributed by atoms with van der Waals surface area (Å²) in [5, 5.41) is 4.67. The van der Waals surface area contributed by atoms with Crippen LogP contribution in [0, 0.1) is 0 Å². The predicted octanol–water partition coefficient (Wildman–Crippen LogP) is 3.29. The van der Waals surface area contributed by atoms with Crippen molar-refractivity contribution in [2.75, 3.05) is 36.1 Å². The Kier molecular flexibility index (Phi) is 6.81. The van der Waals surface area contributed by atoms with Crippen molar-refractivity contribution in [3.05, 3.63) is 57.2 Å².